The van der Waals surface area contributed by atoms with E-state index in [1.54, 1.807) is 0 Å². The van der Waals surface area contributed by atoms with Gasteiger partial charge >= 0.3 is 7.82 Å². The third-order valence-corrected chi connectivity index (χ3v) is 13.3. The molecule has 0 aromatic rings. The van der Waals surface area contributed by atoms with Gasteiger partial charge in [0, 0.05) is 6.04 Å². The molecule has 0 bridgehead atoms. The Bertz CT molecular complexity index is 1080. The van der Waals surface area contributed by atoms with E-state index in [2.05, 4.69) is 50.5 Å². The van der Waals surface area contributed by atoms with Crippen LogP contribution in [0.4, 0.5) is 0 Å². The summed E-state index contributed by atoms with van der Waals surface area (Å²) >= 11 is 0. The Morgan fingerprint density at radius 2 is 1.70 bits per heavy atom. The van der Waals surface area contributed by atoms with Crippen LogP contribution in [-0.4, -0.2) is 79.6 Å². The Morgan fingerprint density at radius 3 is 2.39 bits per heavy atom. The second kappa shape index (κ2) is 13.3. The Balaban J connectivity index is 1.26. The minimum absolute atomic E-state index is 0.00803. The molecule has 1 saturated heterocycles. The van der Waals surface area contributed by atoms with Crippen LogP contribution in [0, 0.1) is 46.3 Å². The van der Waals surface area contributed by atoms with E-state index in [1.807, 2.05) is 0 Å². The third kappa shape index (κ3) is 6.78. The van der Waals surface area contributed by atoms with Crippen molar-refractivity contribution in [1.29, 1.82) is 0 Å². The molecule has 0 radical (unpaired) electrons. The number of rotatable bonds is 10. The molecule has 14 atom stereocenters. The zero-order chi connectivity index (χ0) is 32.2. The van der Waals surface area contributed by atoms with Gasteiger partial charge in [0.1, 0.15) is 30.6 Å². The highest BCUT2D eigenvalue weighted by Gasteiger charge is 2.61. The lowest BCUT2D eigenvalue weighted by Gasteiger charge is -2.60. The molecule has 5 aliphatic rings. The van der Waals surface area contributed by atoms with Crippen LogP contribution in [0.3, 0.4) is 0 Å². The van der Waals surface area contributed by atoms with Crippen molar-refractivity contribution >= 4 is 7.82 Å². The van der Waals surface area contributed by atoms with E-state index in [9.17, 15) is 25.0 Å². The van der Waals surface area contributed by atoms with Crippen LogP contribution in [0.25, 0.3) is 0 Å². The number of phosphoric acid groups is 1. The number of hydrogen-bond donors (Lipinski definition) is 7. The van der Waals surface area contributed by atoms with Crippen molar-refractivity contribution in [3.63, 3.8) is 0 Å². The van der Waals surface area contributed by atoms with Gasteiger partial charge in [0.05, 0.1) is 12.7 Å². The minimum atomic E-state index is -4.81. The molecule has 5 rings (SSSR count). The van der Waals surface area contributed by atoms with Gasteiger partial charge < -0.3 is 34.9 Å². The maximum Gasteiger partial charge on any atom is 0.469 e. The lowest BCUT2D eigenvalue weighted by atomic mass is 9.46. The molecule has 1 aliphatic heterocycles. The average molecular weight is 644 g/mol. The first-order valence-corrected chi connectivity index (χ1v) is 18.6. The van der Waals surface area contributed by atoms with Crippen molar-refractivity contribution in [2.45, 2.75) is 142 Å². The Morgan fingerprint density at radius 1 is 0.977 bits per heavy atom. The number of aliphatic hydroxyl groups excluding tert-OH is 4. The highest BCUT2D eigenvalue weighted by atomic mass is 31.2. The van der Waals surface area contributed by atoms with E-state index in [-0.39, 0.29) is 22.8 Å². The molecule has 0 aromatic heterocycles. The van der Waals surface area contributed by atoms with Gasteiger partial charge in [-0.15, -0.1) is 0 Å². The van der Waals surface area contributed by atoms with Gasteiger partial charge in [-0.25, -0.2) is 4.57 Å². The van der Waals surface area contributed by atoms with Crippen molar-refractivity contribution in [2.75, 3.05) is 6.61 Å². The highest BCUT2D eigenvalue weighted by molar-refractivity contribution is 7.46. The van der Waals surface area contributed by atoms with Crippen LogP contribution in [0.15, 0.2) is 11.6 Å². The van der Waals surface area contributed by atoms with Crippen LogP contribution in [-0.2, 0) is 13.8 Å². The molecule has 0 spiro atoms. The van der Waals surface area contributed by atoms with Crippen LogP contribution < -0.4 is 5.32 Å². The van der Waals surface area contributed by atoms with Gasteiger partial charge in [0.15, 0.2) is 0 Å². The molecule has 11 heteroatoms. The van der Waals surface area contributed by atoms with Crippen molar-refractivity contribution < 1.29 is 44.0 Å². The Kier molecular flexibility index (Phi) is 10.5. The number of hydrogen-bond acceptors (Lipinski definition) is 8. The Hall–Kier alpha value is -0.390. The predicted molar refractivity (Wildman–Crippen MR) is 166 cm³/mol. The molecule has 4 aliphatic carbocycles. The van der Waals surface area contributed by atoms with Gasteiger partial charge in [0.25, 0.3) is 0 Å². The summed E-state index contributed by atoms with van der Waals surface area (Å²) in [6.07, 6.45) is 5.92. The van der Waals surface area contributed by atoms with Crippen molar-refractivity contribution in [1.82, 2.24) is 5.32 Å². The van der Waals surface area contributed by atoms with Gasteiger partial charge in [-0.2, -0.15) is 0 Å². The smallest absolute Gasteiger partial charge is 0.389 e. The molecular weight excluding hydrogens is 585 g/mol. The molecule has 10 nitrogen and oxygen atoms in total. The monoisotopic (exact) mass is 643 g/mol. The van der Waals surface area contributed by atoms with Crippen LogP contribution in [0.1, 0.15) is 98.8 Å². The van der Waals surface area contributed by atoms with E-state index in [0.717, 1.165) is 31.1 Å². The van der Waals surface area contributed by atoms with Crippen molar-refractivity contribution in [3.8, 4) is 0 Å². The normalized spacial score (nSPS) is 46.6. The molecule has 3 saturated carbocycles. The maximum absolute atomic E-state index is 11.7. The topological polar surface area (TPSA) is 169 Å². The fourth-order valence-electron chi connectivity index (χ4n) is 10.4. The van der Waals surface area contributed by atoms with E-state index >= 15 is 0 Å². The predicted octanol–water partition coefficient (Wildman–Crippen LogP) is 3.87. The number of nitrogens with one attached hydrogen (secondary N) is 1. The molecule has 254 valence electrons. The zero-order valence-electron chi connectivity index (χ0n) is 27.2. The maximum atomic E-state index is 11.7. The minimum Gasteiger partial charge on any atom is -0.389 e. The average Bonchev–Trinajstić information content (AvgIpc) is 3.30. The summed E-state index contributed by atoms with van der Waals surface area (Å²) in [5.41, 5.74) is 1.51. The summed E-state index contributed by atoms with van der Waals surface area (Å²) < 4.78 is 21.5. The zero-order valence-corrected chi connectivity index (χ0v) is 28.1. The number of phosphoric ester groups is 1. The summed E-state index contributed by atoms with van der Waals surface area (Å²) in [5, 5.41) is 46.4. The summed E-state index contributed by atoms with van der Waals surface area (Å²) in [7, 11) is -4.81. The van der Waals surface area contributed by atoms with E-state index in [4.69, 9.17) is 14.5 Å². The molecule has 4 fully saturated rings. The van der Waals surface area contributed by atoms with Crippen molar-refractivity contribution in [3.05, 3.63) is 11.6 Å². The first-order valence-electron chi connectivity index (χ1n) is 17.1. The SMILES string of the molecule is CC(C)CCC[C@@H](C)[C@H]1CC[C@H]2[C@@H]3[C@@H](O)C=C4C[C@@H](N[C@H]5O[C@H](COP(=O)(O)O)[C@@H](O)[C@@H](O)[C@@H]5O)CC[C@]4(C)[C@H]3CC[C@]12C. The Labute approximate surface area is 263 Å². The summed E-state index contributed by atoms with van der Waals surface area (Å²) in [4.78, 5) is 18.1. The molecule has 0 aromatic carbocycles. The second-order valence-electron chi connectivity index (χ2n) is 15.9. The summed E-state index contributed by atoms with van der Waals surface area (Å²) in [6.45, 7) is 11.4. The lowest BCUT2D eigenvalue weighted by Crippen LogP contribution is -2.64. The van der Waals surface area contributed by atoms with Gasteiger partial charge in [0.2, 0.25) is 0 Å². The molecular formula is C33H58NO9P. The fraction of sp³-hybridized carbons (Fsp3) is 0.939. The number of ether oxygens (including phenoxy) is 1. The van der Waals surface area contributed by atoms with Gasteiger partial charge in [-0.1, -0.05) is 65.5 Å². The first-order chi connectivity index (χ1) is 20.5. The standard InChI is InChI=1S/C33H58NO9P/c1-18(2)7-6-8-19(3)22-9-10-23-27-24(12-14-33(22,23)5)32(4)13-11-21(15-20(32)16-25(27)35)34-31-30(38)29(37)28(36)26(43-31)17-42-44(39,40)41/h16,18-19,21-31,34-38H,6-15,17H2,1-5H3,(H2,39,40,41)/t19-,21+,22-,23+,24+,25+,26-,27+,28-,29-,30+,31+,32+,33-/m1/s1. The molecule has 0 unspecified atom stereocenters. The van der Waals surface area contributed by atoms with Gasteiger partial charge in [-0.05, 0) is 91.3 Å². The quantitative estimate of drug-likeness (QED) is 0.137. The number of aliphatic hydroxyl groups is 4. The number of fused-ring (bicyclic) bond motifs is 5. The van der Waals surface area contributed by atoms with E-state index in [1.165, 1.54) is 44.1 Å². The van der Waals surface area contributed by atoms with Crippen LogP contribution in [0.2, 0.25) is 0 Å². The summed E-state index contributed by atoms with van der Waals surface area (Å²) in [6, 6.07) is -0.0973. The molecule has 44 heavy (non-hydrogen) atoms. The lowest BCUT2D eigenvalue weighted by molar-refractivity contribution is -0.237. The van der Waals surface area contributed by atoms with Crippen molar-refractivity contribution in [2.24, 2.45) is 46.3 Å². The highest BCUT2D eigenvalue weighted by Crippen LogP contribution is 2.67. The molecule has 0 amide bonds. The van der Waals surface area contributed by atoms with E-state index < -0.39 is 51.2 Å². The van der Waals surface area contributed by atoms with Crippen LogP contribution in [0.5, 0.6) is 0 Å². The third-order valence-electron chi connectivity index (χ3n) is 12.8. The molecule has 1 heterocycles. The van der Waals surface area contributed by atoms with Gasteiger partial charge in [-0.3, -0.25) is 9.84 Å². The summed E-state index contributed by atoms with van der Waals surface area (Å²) in [5.74, 6) is 3.41. The van der Waals surface area contributed by atoms with E-state index in [0.29, 0.717) is 24.2 Å². The largest absolute Gasteiger partial charge is 0.469 e. The second-order valence-corrected chi connectivity index (χ2v) is 17.1. The first kappa shape index (κ1) is 34.9. The molecule has 7 N–H and O–H groups in total. The van der Waals surface area contributed by atoms with Crippen LogP contribution >= 0.6 is 7.82 Å². The fourth-order valence-corrected chi connectivity index (χ4v) is 10.8.